The predicted octanol–water partition coefficient (Wildman–Crippen LogP) is 4.33. The molecule has 2 aromatic carbocycles. The highest BCUT2D eigenvalue weighted by Gasteiger charge is 2.16. The van der Waals surface area contributed by atoms with Gasteiger partial charge in [-0.2, -0.15) is 0 Å². The smallest absolute Gasteiger partial charge is 0.269 e. The van der Waals surface area contributed by atoms with Gasteiger partial charge in [-0.1, -0.05) is 18.2 Å². The Morgan fingerprint density at radius 2 is 1.92 bits per heavy atom. The predicted molar refractivity (Wildman–Crippen MR) is 111 cm³/mol. The Balaban J connectivity index is 2.01. The van der Waals surface area contributed by atoms with Crippen molar-refractivity contribution >= 4 is 42.4 Å². The van der Waals surface area contributed by atoms with Gasteiger partial charge in [-0.3, -0.25) is 4.79 Å². The van der Waals surface area contributed by atoms with Crippen LogP contribution in [0.2, 0.25) is 0 Å². The second-order valence-electron chi connectivity index (χ2n) is 6.80. The summed E-state index contributed by atoms with van der Waals surface area (Å²) in [6.45, 7) is 1.69. The van der Waals surface area contributed by atoms with Crippen LogP contribution in [-0.2, 0) is 6.54 Å². The topological polar surface area (TPSA) is 34.5 Å². The molecular weight excluding hydrogens is 344 g/mol. The second-order valence-corrected chi connectivity index (χ2v) is 7.85. The Morgan fingerprint density at radius 3 is 2.69 bits per heavy atom. The number of para-hydroxylation sites is 1. The van der Waals surface area contributed by atoms with Crippen molar-refractivity contribution in [2.75, 3.05) is 27.7 Å². The third-order valence-corrected chi connectivity index (χ3v) is 5.93. The molecule has 2 aromatic heterocycles. The Hall–Kier alpha value is -2.37. The van der Waals surface area contributed by atoms with Crippen LogP contribution in [0, 0.1) is 0 Å². The summed E-state index contributed by atoms with van der Waals surface area (Å²) in [5.41, 5.74) is 1.12. The highest BCUT2D eigenvalue weighted by atomic mass is 32.1. The number of hydrogen-bond donors (Lipinski definition) is 0. The maximum atomic E-state index is 13.3. The summed E-state index contributed by atoms with van der Waals surface area (Å²) in [5, 5.41) is 3.33. The van der Waals surface area contributed by atoms with Gasteiger partial charge in [-0.25, -0.2) is 0 Å². The molecule has 0 atom stereocenters. The Kier molecular flexibility index (Phi) is 4.42. The largest absolute Gasteiger partial charge is 0.497 e. The number of aromatic nitrogens is 1. The fourth-order valence-electron chi connectivity index (χ4n) is 3.54. The third kappa shape index (κ3) is 2.77. The monoisotopic (exact) mass is 366 g/mol. The molecule has 4 rings (SSSR count). The van der Waals surface area contributed by atoms with E-state index >= 15 is 0 Å². The third-order valence-electron chi connectivity index (χ3n) is 4.79. The van der Waals surface area contributed by atoms with Gasteiger partial charge in [0.25, 0.3) is 5.56 Å². The number of methoxy groups -OCH3 is 1. The van der Waals surface area contributed by atoms with E-state index in [1.807, 2.05) is 28.8 Å². The number of rotatable bonds is 5. The van der Waals surface area contributed by atoms with Crippen LogP contribution in [0.25, 0.3) is 31.1 Å². The lowest BCUT2D eigenvalue weighted by Gasteiger charge is -2.13. The minimum atomic E-state index is 0.109. The number of aryl methyl sites for hydroxylation is 1. The summed E-state index contributed by atoms with van der Waals surface area (Å²) < 4.78 is 9.21. The van der Waals surface area contributed by atoms with Gasteiger partial charge in [0, 0.05) is 27.4 Å². The van der Waals surface area contributed by atoms with E-state index in [4.69, 9.17) is 4.74 Å². The van der Waals surface area contributed by atoms with Crippen molar-refractivity contribution in [3.8, 4) is 5.75 Å². The molecule has 5 heteroatoms. The summed E-state index contributed by atoms with van der Waals surface area (Å²) in [6.07, 6.45) is 0.946. The Bertz CT molecular complexity index is 1160. The van der Waals surface area contributed by atoms with Crippen molar-refractivity contribution in [3.63, 3.8) is 0 Å². The standard InChI is InChI=1S/C21H22N2O2S/c1-22(2)11-6-12-23-17-8-5-4-7-15(17)19-16-10-9-14(25-3)13-18(16)26-20(19)21(23)24/h4-5,7-10,13H,6,11-12H2,1-3H3. The molecule has 0 aliphatic carbocycles. The molecule has 0 amide bonds. The summed E-state index contributed by atoms with van der Waals surface area (Å²) in [6, 6.07) is 14.3. The first-order valence-electron chi connectivity index (χ1n) is 8.76. The zero-order valence-electron chi connectivity index (χ0n) is 15.3. The van der Waals surface area contributed by atoms with Gasteiger partial charge in [0.1, 0.15) is 10.4 Å². The number of thiophene rings is 1. The van der Waals surface area contributed by atoms with Crippen LogP contribution in [0.5, 0.6) is 5.75 Å². The fraction of sp³-hybridized carbons (Fsp3) is 0.286. The van der Waals surface area contributed by atoms with E-state index in [0.29, 0.717) is 0 Å². The molecule has 0 aliphatic rings. The van der Waals surface area contributed by atoms with Gasteiger partial charge in [0.2, 0.25) is 0 Å². The first-order valence-corrected chi connectivity index (χ1v) is 9.58. The van der Waals surface area contributed by atoms with Crippen molar-refractivity contribution in [2.24, 2.45) is 0 Å². The number of ether oxygens (including phenoxy) is 1. The van der Waals surface area contributed by atoms with Crippen LogP contribution in [0.3, 0.4) is 0 Å². The normalized spacial score (nSPS) is 11.8. The zero-order chi connectivity index (χ0) is 18.3. The van der Waals surface area contributed by atoms with Crippen molar-refractivity contribution in [1.29, 1.82) is 0 Å². The molecule has 4 nitrogen and oxygen atoms in total. The molecule has 0 saturated carbocycles. The van der Waals surface area contributed by atoms with Crippen LogP contribution in [0.15, 0.2) is 47.3 Å². The van der Waals surface area contributed by atoms with Gasteiger partial charge in [-0.15, -0.1) is 11.3 Å². The fourth-order valence-corrected chi connectivity index (χ4v) is 4.74. The summed E-state index contributed by atoms with van der Waals surface area (Å²) in [5.74, 6) is 0.819. The quantitative estimate of drug-likeness (QED) is 0.527. The van der Waals surface area contributed by atoms with E-state index in [1.165, 1.54) is 0 Å². The van der Waals surface area contributed by atoms with E-state index < -0.39 is 0 Å². The molecule has 4 aromatic rings. The average Bonchev–Trinajstić information content (AvgIpc) is 3.03. The molecule has 0 fully saturated rings. The van der Waals surface area contributed by atoms with Crippen LogP contribution >= 0.6 is 11.3 Å². The lowest BCUT2D eigenvalue weighted by Crippen LogP contribution is -2.23. The molecule has 0 unspecified atom stereocenters. The molecule has 0 aliphatic heterocycles. The number of benzene rings is 2. The van der Waals surface area contributed by atoms with Gasteiger partial charge >= 0.3 is 0 Å². The van der Waals surface area contributed by atoms with Crippen LogP contribution < -0.4 is 10.3 Å². The molecule has 0 bridgehead atoms. The molecule has 0 saturated heterocycles. The van der Waals surface area contributed by atoms with Gasteiger partial charge in [0.15, 0.2) is 0 Å². The first kappa shape index (κ1) is 17.1. The van der Waals surface area contributed by atoms with E-state index in [9.17, 15) is 4.79 Å². The minimum Gasteiger partial charge on any atom is -0.497 e. The molecule has 0 spiro atoms. The van der Waals surface area contributed by atoms with E-state index in [0.717, 1.165) is 56.3 Å². The van der Waals surface area contributed by atoms with E-state index in [2.05, 4.69) is 37.2 Å². The van der Waals surface area contributed by atoms with Crippen LogP contribution in [0.4, 0.5) is 0 Å². The second kappa shape index (κ2) is 6.74. The molecular formula is C21H22N2O2S. The maximum Gasteiger partial charge on any atom is 0.269 e. The highest BCUT2D eigenvalue weighted by Crippen LogP contribution is 2.38. The first-order chi connectivity index (χ1) is 12.6. The average molecular weight is 366 g/mol. The number of hydrogen-bond acceptors (Lipinski definition) is 4. The number of nitrogens with zero attached hydrogens (tertiary/aromatic N) is 2. The van der Waals surface area contributed by atoms with Crippen molar-refractivity contribution < 1.29 is 4.74 Å². The summed E-state index contributed by atoms with van der Waals surface area (Å²) in [4.78, 5) is 15.4. The summed E-state index contributed by atoms with van der Waals surface area (Å²) >= 11 is 1.56. The molecule has 134 valence electrons. The Morgan fingerprint density at radius 1 is 1.12 bits per heavy atom. The SMILES string of the molecule is COc1ccc2c(c1)sc1c(=O)n(CCCN(C)C)c3ccccc3c12. The molecule has 0 radical (unpaired) electrons. The number of pyridine rings is 1. The zero-order valence-corrected chi connectivity index (χ0v) is 16.1. The van der Waals surface area contributed by atoms with E-state index in [1.54, 1.807) is 18.4 Å². The lowest BCUT2D eigenvalue weighted by molar-refractivity contribution is 0.387. The molecule has 2 heterocycles. The van der Waals surface area contributed by atoms with Gasteiger partial charge in [-0.05, 0) is 51.3 Å². The Labute approximate surface area is 156 Å². The summed E-state index contributed by atoms with van der Waals surface area (Å²) in [7, 11) is 5.79. The van der Waals surface area contributed by atoms with Gasteiger partial charge < -0.3 is 14.2 Å². The molecule has 0 N–H and O–H groups in total. The number of fused-ring (bicyclic) bond motifs is 5. The van der Waals surface area contributed by atoms with Gasteiger partial charge in [0.05, 0.1) is 12.6 Å². The van der Waals surface area contributed by atoms with Crippen LogP contribution in [0.1, 0.15) is 6.42 Å². The molecule has 26 heavy (non-hydrogen) atoms. The lowest BCUT2D eigenvalue weighted by atomic mass is 10.1. The highest BCUT2D eigenvalue weighted by molar-refractivity contribution is 7.26. The van der Waals surface area contributed by atoms with E-state index in [-0.39, 0.29) is 5.56 Å². The van der Waals surface area contributed by atoms with Crippen molar-refractivity contribution in [1.82, 2.24) is 9.47 Å². The van der Waals surface area contributed by atoms with Crippen molar-refractivity contribution in [2.45, 2.75) is 13.0 Å². The van der Waals surface area contributed by atoms with Crippen molar-refractivity contribution in [3.05, 3.63) is 52.8 Å². The maximum absolute atomic E-state index is 13.3. The van der Waals surface area contributed by atoms with Crippen LogP contribution in [-0.4, -0.2) is 37.2 Å². The minimum absolute atomic E-state index is 0.109.